The van der Waals surface area contributed by atoms with Crippen molar-refractivity contribution in [2.24, 2.45) is 0 Å². The molecule has 0 bridgehead atoms. The minimum absolute atomic E-state index is 0.928. The van der Waals surface area contributed by atoms with Gasteiger partial charge >= 0.3 is 0 Å². The van der Waals surface area contributed by atoms with Crippen LogP contribution in [-0.2, 0) is 0 Å². The van der Waals surface area contributed by atoms with E-state index in [1.807, 2.05) is 13.8 Å². The Hall–Kier alpha value is -3.95. The van der Waals surface area contributed by atoms with Crippen LogP contribution in [0, 0.1) is 0 Å². The van der Waals surface area contributed by atoms with Crippen molar-refractivity contribution in [3.8, 4) is 16.8 Å². The van der Waals surface area contributed by atoms with E-state index in [0.717, 1.165) is 16.7 Å². The lowest BCUT2D eigenvalue weighted by molar-refractivity contribution is 0.661. The van der Waals surface area contributed by atoms with Crippen molar-refractivity contribution in [2.45, 2.75) is 18.7 Å². The molecule has 5 aromatic carbocycles. The van der Waals surface area contributed by atoms with Gasteiger partial charge in [-0.25, -0.2) is 10.0 Å². The summed E-state index contributed by atoms with van der Waals surface area (Å²) in [5.74, 6) is 0. The highest BCUT2D eigenvalue weighted by Crippen LogP contribution is 2.50. The largest absolute Gasteiger partial charge is 0.454 e. The minimum Gasteiger partial charge on any atom is -0.454 e. The van der Waals surface area contributed by atoms with Crippen LogP contribution in [0.2, 0.25) is 0 Å². The number of rotatable bonds is 3. The monoisotopic (exact) mass is 515 g/mol. The zero-order valence-corrected chi connectivity index (χ0v) is 23.5. The number of benzene rings is 5. The predicted octanol–water partition coefficient (Wildman–Crippen LogP) is 10.4. The summed E-state index contributed by atoms with van der Waals surface area (Å²) in [6.07, 6.45) is 6.98. The van der Waals surface area contributed by atoms with Gasteiger partial charge in [0, 0.05) is 37.7 Å². The normalized spacial score (nSPS) is 12.2. The maximum Gasteiger partial charge on any atom is 0.147 e. The third-order valence-electron chi connectivity index (χ3n) is 7.15. The number of hydrogen-bond acceptors (Lipinski definition) is 1. The van der Waals surface area contributed by atoms with Crippen LogP contribution in [0.3, 0.4) is 0 Å². The Balaban J connectivity index is 0.00000129. The van der Waals surface area contributed by atoms with Crippen molar-refractivity contribution < 1.29 is 4.42 Å². The fourth-order valence-electron chi connectivity index (χ4n) is 5.50. The van der Waals surface area contributed by atoms with Gasteiger partial charge in [-0.1, -0.05) is 86.6 Å². The van der Waals surface area contributed by atoms with E-state index in [0.29, 0.717) is 0 Å². The number of para-hydroxylation sites is 4. The van der Waals surface area contributed by atoms with Gasteiger partial charge in [0.05, 0.1) is 11.0 Å². The van der Waals surface area contributed by atoms with Gasteiger partial charge in [-0.05, 0) is 60.7 Å². The summed E-state index contributed by atoms with van der Waals surface area (Å²) in [6, 6.07) is 39.2. The highest BCUT2D eigenvalue weighted by atomic mass is 32.3. The van der Waals surface area contributed by atoms with Crippen LogP contribution in [0.1, 0.15) is 13.8 Å². The second-order valence-electron chi connectivity index (χ2n) is 10.2. The first-order valence-electron chi connectivity index (χ1n) is 13.2. The van der Waals surface area contributed by atoms with Crippen molar-refractivity contribution in [3.63, 3.8) is 0 Å². The molecule has 0 saturated heterocycles. The van der Waals surface area contributed by atoms with Crippen molar-refractivity contribution >= 4 is 53.8 Å². The fourth-order valence-corrected chi connectivity index (χ4v) is 6.69. The molecule has 2 heterocycles. The van der Waals surface area contributed by atoms with Gasteiger partial charge < -0.3 is 8.98 Å². The second-order valence-corrected chi connectivity index (χ2v) is 14.3. The summed E-state index contributed by atoms with van der Waals surface area (Å²) in [7, 11) is -0.928. The summed E-state index contributed by atoms with van der Waals surface area (Å²) < 4.78 is 9.04. The zero-order chi connectivity index (χ0) is 26.4. The molecule has 2 aromatic heterocycles. The van der Waals surface area contributed by atoms with Gasteiger partial charge in [0.1, 0.15) is 11.2 Å². The van der Waals surface area contributed by atoms with E-state index in [9.17, 15) is 0 Å². The van der Waals surface area contributed by atoms with Crippen molar-refractivity contribution in [3.05, 3.63) is 109 Å². The Kier molecular flexibility index (Phi) is 6.04. The van der Waals surface area contributed by atoms with Gasteiger partial charge in [-0.3, -0.25) is 0 Å². The molecule has 0 N–H and O–H groups in total. The van der Waals surface area contributed by atoms with Gasteiger partial charge in [0.25, 0.3) is 0 Å². The molecule has 0 fully saturated rings. The maximum atomic E-state index is 6.69. The van der Waals surface area contributed by atoms with E-state index in [-0.39, 0.29) is 0 Å². The van der Waals surface area contributed by atoms with Gasteiger partial charge in [-0.15, -0.1) is 0 Å². The minimum atomic E-state index is -0.928. The molecule has 190 valence electrons. The highest BCUT2D eigenvalue weighted by molar-refractivity contribution is 8.32. The Morgan fingerprint density at radius 3 is 1.95 bits per heavy atom. The molecule has 2 nitrogen and oxygen atoms in total. The van der Waals surface area contributed by atoms with E-state index >= 15 is 0 Å². The van der Waals surface area contributed by atoms with Crippen LogP contribution in [0.5, 0.6) is 0 Å². The highest BCUT2D eigenvalue weighted by Gasteiger charge is 2.20. The standard InChI is InChI=1S/C33H27NOS.C2H6/c1-36(2,3)31-18-10-16-27-26-15-9-14-24(32(26)35-33(27)31)22-19-20-30-28(21-22)25-13-7-8-17-29(25)34(30)23-11-5-4-6-12-23;1-2/h4-21H,1-3H3;1-2H3. The number of nitrogens with zero attached hydrogens (tertiary/aromatic N) is 1. The molecule has 7 aromatic rings. The SMILES string of the molecule is CC.CS(C)(C)c1cccc2c1oc1c(-c3ccc4c(c3)c3ccccc3n4-c3ccccc3)cccc12. The molecule has 0 aliphatic carbocycles. The van der Waals surface area contributed by atoms with E-state index in [4.69, 9.17) is 4.42 Å². The van der Waals surface area contributed by atoms with E-state index in [1.165, 1.54) is 48.7 Å². The van der Waals surface area contributed by atoms with Crippen molar-refractivity contribution in [1.82, 2.24) is 4.57 Å². The zero-order valence-electron chi connectivity index (χ0n) is 22.7. The molecule has 0 saturated carbocycles. The summed E-state index contributed by atoms with van der Waals surface area (Å²) in [4.78, 5) is 1.32. The van der Waals surface area contributed by atoms with Gasteiger partial charge in [0.2, 0.25) is 0 Å². The Labute approximate surface area is 225 Å². The first kappa shape index (κ1) is 24.4. The van der Waals surface area contributed by atoms with Gasteiger partial charge in [-0.2, -0.15) is 0 Å². The van der Waals surface area contributed by atoms with E-state index in [1.54, 1.807) is 0 Å². The smallest absolute Gasteiger partial charge is 0.147 e. The fraction of sp³-hybridized carbons (Fsp3) is 0.143. The summed E-state index contributed by atoms with van der Waals surface area (Å²) in [5.41, 5.74) is 7.91. The molecule has 3 heteroatoms. The first-order valence-corrected chi connectivity index (χ1v) is 16.1. The molecule has 0 unspecified atom stereocenters. The first-order chi connectivity index (χ1) is 18.5. The van der Waals surface area contributed by atoms with Crippen LogP contribution in [0.15, 0.2) is 119 Å². The molecule has 0 atom stereocenters. The molecule has 0 spiro atoms. The molecular weight excluding hydrogens is 482 g/mol. The maximum absolute atomic E-state index is 6.69. The third kappa shape index (κ3) is 3.81. The molecular formula is C35H33NOS. The second kappa shape index (κ2) is 9.41. The van der Waals surface area contributed by atoms with Crippen molar-refractivity contribution in [2.75, 3.05) is 18.8 Å². The third-order valence-corrected chi connectivity index (χ3v) is 8.79. The summed E-state index contributed by atoms with van der Waals surface area (Å²) in [6.45, 7) is 4.00. The number of furan rings is 1. The van der Waals surface area contributed by atoms with Crippen LogP contribution in [0.25, 0.3) is 60.6 Å². The van der Waals surface area contributed by atoms with Crippen LogP contribution >= 0.6 is 10.0 Å². The molecule has 0 radical (unpaired) electrons. The lowest BCUT2D eigenvalue weighted by atomic mass is 10.0. The van der Waals surface area contributed by atoms with Crippen LogP contribution < -0.4 is 0 Å². The Morgan fingerprint density at radius 1 is 0.553 bits per heavy atom. The number of aromatic nitrogens is 1. The van der Waals surface area contributed by atoms with Crippen molar-refractivity contribution in [1.29, 1.82) is 0 Å². The van der Waals surface area contributed by atoms with E-state index in [2.05, 4.69) is 133 Å². The Morgan fingerprint density at radius 2 is 1.18 bits per heavy atom. The lowest BCUT2D eigenvalue weighted by Gasteiger charge is -2.25. The Bertz CT molecular complexity index is 1920. The predicted molar refractivity (Wildman–Crippen MR) is 168 cm³/mol. The van der Waals surface area contributed by atoms with Crippen LogP contribution in [0.4, 0.5) is 0 Å². The number of hydrogen-bond donors (Lipinski definition) is 0. The average molecular weight is 516 g/mol. The van der Waals surface area contributed by atoms with Crippen LogP contribution in [-0.4, -0.2) is 23.3 Å². The lowest BCUT2D eigenvalue weighted by Crippen LogP contribution is -1.92. The van der Waals surface area contributed by atoms with Gasteiger partial charge in [0.15, 0.2) is 0 Å². The summed E-state index contributed by atoms with van der Waals surface area (Å²) in [5, 5.41) is 4.89. The van der Waals surface area contributed by atoms with E-state index < -0.39 is 10.0 Å². The quantitative estimate of drug-likeness (QED) is 0.229. The molecule has 7 rings (SSSR count). The summed E-state index contributed by atoms with van der Waals surface area (Å²) >= 11 is 0. The average Bonchev–Trinajstić information content (AvgIpc) is 3.49. The number of fused-ring (bicyclic) bond motifs is 6. The topological polar surface area (TPSA) is 18.1 Å². The molecule has 0 amide bonds. The molecule has 38 heavy (non-hydrogen) atoms. The molecule has 0 aliphatic heterocycles. The molecule has 0 aliphatic rings.